The Morgan fingerprint density at radius 1 is 1.16 bits per heavy atom. The highest BCUT2D eigenvalue weighted by Crippen LogP contribution is 2.19. The summed E-state index contributed by atoms with van der Waals surface area (Å²) in [7, 11) is -2.32. The molecule has 0 saturated carbocycles. The number of sulfonamides is 1. The normalized spacial score (nSPS) is 12.6. The Morgan fingerprint density at radius 2 is 1.84 bits per heavy atom. The number of halogens is 1. The van der Waals surface area contributed by atoms with Crippen LogP contribution in [0.25, 0.3) is 0 Å². The van der Waals surface area contributed by atoms with E-state index in [4.69, 9.17) is 0 Å². The van der Waals surface area contributed by atoms with Crippen LogP contribution in [0.2, 0.25) is 0 Å². The van der Waals surface area contributed by atoms with Crippen molar-refractivity contribution in [3.05, 3.63) is 77.6 Å². The second-order valence-corrected chi connectivity index (χ2v) is 9.12. The molecule has 0 aliphatic carbocycles. The number of amides is 1. The Hall–Kier alpha value is -3.11. The number of H-pyrrole nitrogens is 1. The number of aryl methyl sites for hydroxylation is 1. The molecule has 10 heteroatoms. The van der Waals surface area contributed by atoms with Gasteiger partial charge >= 0.3 is 0 Å². The van der Waals surface area contributed by atoms with Crippen LogP contribution in [0.1, 0.15) is 36.1 Å². The smallest absolute Gasteiger partial charge is 0.242 e. The van der Waals surface area contributed by atoms with Gasteiger partial charge in [0.2, 0.25) is 15.9 Å². The number of aromatic nitrogens is 3. The minimum Gasteiger partial charge on any atom is -0.342 e. The lowest BCUT2D eigenvalue weighted by molar-refractivity contribution is -0.121. The zero-order valence-corrected chi connectivity index (χ0v) is 18.1. The van der Waals surface area contributed by atoms with Crippen molar-refractivity contribution in [3.63, 3.8) is 0 Å². The molecule has 1 aromatic heterocycles. The standard InChI is InChI=1S/C21H24FN5O3S/c1-15-23-21(26-25-15)20(16-7-4-3-5-8-16)24-19(28)9-6-14-27(2)31(29,30)18-12-10-17(22)11-13-18/h3-5,7-8,10-13,20H,6,9,14H2,1-2H3,(H,24,28)(H,23,25,26). The average Bonchev–Trinajstić information content (AvgIpc) is 3.18. The molecular formula is C21H24FN5O3S. The monoisotopic (exact) mass is 445 g/mol. The Bertz CT molecular complexity index is 1120. The summed E-state index contributed by atoms with van der Waals surface area (Å²) in [5.74, 6) is 0.336. The number of carbonyl (C=O) groups is 1. The van der Waals surface area contributed by atoms with Gasteiger partial charge in [0, 0.05) is 20.0 Å². The van der Waals surface area contributed by atoms with Gasteiger partial charge < -0.3 is 5.32 Å². The third kappa shape index (κ3) is 5.74. The highest BCUT2D eigenvalue weighted by molar-refractivity contribution is 7.89. The van der Waals surface area contributed by atoms with Crippen LogP contribution in [-0.2, 0) is 14.8 Å². The van der Waals surface area contributed by atoms with Crippen LogP contribution in [-0.4, -0.2) is 47.4 Å². The number of aromatic amines is 1. The van der Waals surface area contributed by atoms with Gasteiger partial charge in [0.25, 0.3) is 0 Å². The van der Waals surface area contributed by atoms with E-state index in [2.05, 4.69) is 20.5 Å². The molecule has 1 unspecified atom stereocenters. The van der Waals surface area contributed by atoms with Crippen LogP contribution >= 0.6 is 0 Å². The van der Waals surface area contributed by atoms with Gasteiger partial charge in [-0.05, 0) is 43.2 Å². The molecule has 31 heavy (non-hydrogen) atoms. The summed E-state index contributed by atoms with van der Waals surface area (Å²) in [5, 5.41) is 9.86. The van der Waals surface area contributed by atoms with E-state index >= 15 is 0 Å². The summed E-state index contributed by atoms with van der Waals surface area (Å²) in [4.78, 5) is 16.9. The van der Waals surface area contributed by atoms with E-state index in [1.165, 1.54) is 19.2 Å². The molecule has 2 aromatic carbocycles. The SMILES string of the molecule is Cc1nc(C(NC(=O)CCCN(C)S(=O)(=O)c2ccc(F)cc2)c2ccccc2)n[nH]1. The second-order valence-electron chi connectivity index (χ2n) is 7.07. The first-order valence-electron chi connectivity index (χ1n) is 9.72. The van der Waals surface area contributed by atoms with Crippen molar-refractivity contribution < 1.29 is 17.6 Å². The van der Waals surface area contributed by atoms with E-state index in [9.17, 15) is 17.6 Å². The first-order valence-corrected chi connectivity index (χ1v) is 11.2. The summed E-state index contributed by atoms with van der Waals surface area (Å²) in [6.45, 7) is 1.92. The summed E-state index contributed by atoms with van der Waals surface area (Å²) in [6, 6.07) is 13.5. The lowest BCUT2D eigenvalue weighted by Gasteiger charge is -2.18. The van der Waals surface area contributed by atoms with E-state index in [-0.39, 0.29) is 23.8 Å². The van der Waals surface area contributed by atoms with E-state index in [0.29, 0.717) is 18.1 Å². The van der Waals surface area contributed by atoms with Gasteiger partial charge in [0.05, 0.1) is 4.90 Å². The van der Waals surface area contributed by atoms with Crippen LogP contribution in [0.15, 0.2) is 59.5 Å². The molecular weight excluding hydrogens is 421 g/mol. The summed E-state index contributed by atoms with van der Waals surface area (Å²) < 4.78 is 39.3. The number of carbonyl (C=O) groups excluding carboxylic acids is 1. The van der Waals surface area contributed by atoms with Gasteiger partial charge in [-0.15, -0.1) is 0 Å². The Labute approximate surface area is 180 Å². The molecule has 0 bridgehead atoms. The minimum absolute atomic E-state index is 0.00460. The molecule has 0 radical (unpaired) electrons. The molecule has 8 nitrogen and oxygen atoms in total. The molecule has 0 fully saturated rings. The van der Waals surface area contributed by atoms with Crippen LogP contribution < -0.4 is 5.32 Å². The fraction of sp³-hybridized carbons (Fsp3) is 0.286. The highest BCUT2D eigenvalue weighted by Gasteiger charge is 2.23. The Morgan fingerprint density at radius 3 is 2.45 bits per heavy atom. The lowest BCUT2D eigenvalue weighted by atomic mass is 10.1. The maximum absolute atomic E-state index is 13.1. The predicted molar refractivity (Wildman–Crippen MR) is 113 cm³/mol. The molecule has 0 saturated heterocycles. The third-order valence-corrected chi connectivity index (χ3v) is 6.58. The van der Waals surface area contributed by atoms with Gasteiger partial charge in [-0.25, -0.2) is 22.1 Å². The van der Waals surface area contributed by atoms with E-state index in [1.54, 1.807) is 6.92 Å². The van der Waals surface area contributed by atoms with E-state index in [1.807, 2.05) is 30.3 Å². The minimum atomic E-state index is -3.75. The molecule has 1 amide bonds. The highest BCUT2D eigenvalue weighted by atomic mass is 32.2. The van der Waals surface area contributed by atoms with E-state index < -0.39 is 21.9 Å². The zero-order chi connectivity index (χ0) is 22.4. The Balaban J connectivity index is 1.60. The maximum atomic E-state index is 13.1. The molecule has 1 atom stereocenters. The number of rotatable bonds is 9. The molecule has 0 aliphatic rings. The number of nitrogens with zero attached hydrogens (tertiary/aromatic N) is 3. The second kappa shape index (κ2) is 9.80. The van der Waals surface area contributed by atoms with Crippen molar-refractivity contribution in [2.45, 2.75) is 30.7 Å². The predicted octanol–water partition coefficient (Wildman–Crippen LogP) is 2.56. The number of hydrogen-bond donors (Lipinski definition) is 2. The largest absolute Gasteiger partial charge is 0.342 e. The van der Waals surface area contributed by atoms with Gasteiger partial charge in [-0.1, -0.05) is 30.3 Å². The molecule has 164 valence electrons. The van der Waals surface area contributed by atoms with Gasteiger partial charge in [-0.3, -0.25) is 9.89 Å². The van der Waals surface area contributed by atoms with Crippen molar-refractivity contribution in [2.75, 3.05) is 13.6 Å². The van der Waals surface area contributed by atoms with Crippen molar-refractivity contribution in [2.24, 2.45) is 0 Å². The third-order valence-electron chi connectivity index (χ3n) is 4.71. The maximum Gasteiger partial charge on any atom is 0.242 e. The van der Waals surface area contributed by atoms with E-state index in [0.717, 1.165) is 22.0 Å². The fourth-order valence-corrected chi connectivity index (χ4v) is 4.24. The average molecular weight is 446 g/mol. The van der Waals surface area contributed by atoms with Gasteiger partial charge in [-0.2, -0.15) is 5.10 Å². The zero-order valence-electron chi connectivity index (χ0n) is 17.2. The summed E-state index contributed by atoms with van der Waals surface area (Å²) >= 11 is 0. The van der Waals surface area contributed by atoms with Crippen molar-refractivity contribution in [1.29, 1.82) is 0 Å². The topological polar surface area (TPSA) is 108 Å². The number of nitrogens with one attached hydrogen (secondary N) is 2. The van der Waals surface area contributed by atoms with Crippen LogP contribution in [0.4, 0.5) is 4.39 Å². The van der Waals surface area contributed by atoms with Crippen molar-refractivity contribution in [1.82, 2.24) is 24.8 Å². The fourth-order valence-electron chi connectivity index (χ4n) is 3.03. The van der Waals surface area contributed by atoms with Crippen LogP contribution in [0.3, 0.4) is 0 Å². The lowest BCUT2D eigenvalue weighted by Crippen LogP contribution is -2.32. The van der Waals surface area contributed by atoms with Gasteiger partial charge in [0.15, 0.2) is 5.82 Å². The Kier molecular flexibility index (Phi) is 7.13. The molecule has 0 spiro atoms. The number of benzene rings is 2. The quantitative estimate of drug-likeness (QED) is 0.526. The van der Waals surface area contributed by atoms with Crippen LogP contribution in [0, 0.1) is 12.7 Å². The molecule has 2 N–H and O–H groups in total. The number of hydrogen-bond acceptors (Lipinski definition) is 5. The first-order chi connectivity index (χ1) is 14.8. The van der Waals surface area contributed by atoms with Crippen molar-refractivity contribution >= 4 is 15.9 Å². The summed E-state index contributed by atoms with van der Waals surface area (Å²) in [5.41, 5.74) is 0.839. The van der Waals surface area contributed by atoms with Crippen LogP contribution in [0.5, 0.6) is 0 Å². The first kappa shape index (κ1) is 22.6. The van der Waals surface area contributed by atoms with Crippen molar-refractivity contribution in [3.8, 4) is 0 Å². The molecule has 1 heterocycles. The summed E-state index contributed by atoms with van der Waals surface area (Å²) in [6.07, 6.45) is 0.438. The van der Waals surface area contributed by atoms with Gasteiger partial charge in [0.1, 0.15) is 17.7 Å². The molecule has 0 aliphatic heterocycles. The molecule has 3 aromatic rings. The molecule has 3 rings (SSSR count).